The molecule has 0 amide bonds. The van der Waals surface area contributed by atoms with Crippen LogP contribution >= 0.6 is 0 Å². The van der Waals surface area contributed by atoms with E-state index in [1.807, 2.05) is 6.08 Å². The average Bonchev–Trinajstić information content (AvgIpc) is 2.29. The van der Waals surface area contributed by atoms with Crippen LogP contribution in [0.3, 0.4) is 0 Å². The molecule has 2 saturated carbocycles. The fraction of sp³-hybridized carbons (Fsp3) is 0.846. The predicted octanol–water partition coefficient (Wildman–Crippen LogP) is 2.52. The Morgan fingerprint density at radius 2 is 1.87 bits per heavy atom. The molecule has 0 radical (unpaired) electrons. The lowest BCUT2D eigenvalue weighted by Gasteiger charge is -2.43. The van der Waals surface area contributed by atoms with E-state index in [4.69, 9.17) is 4.74 Å². The molecule has 0 saturated heterocycles. The highest BCUT2D eigenvalue weighted by Crippen LogP contribution is 2.41. The SMILES string of the molecule is C=CCO[C@@H]1CC[C@H](O)[C@H]2CCCC[C@@H]21. The maximum Gasteiger partial charge on any atom is 0.0648 e. The summed E-state index contributed by atoms with van der Waals surface area (Å²) in [5.74, 6) is 1.10. The molecule has 2 nitrogen and oxygen atoms in total. The molecular weight excluding hydrogens is 188 g/mol. The van der Waals surface area contributed by atoms with Crippen LogP contribution in [0.25, 0.3) is 0 Å². The lowest BCUT2D eigenvalue weighted by molar-refractivity contribution is -0.0857. The molecule has 15 heavy (non-hydrogen) atoms. The Labute approximate surface area is 92.3 Å². The van der Waals surface area contributed by atoms with Gasteiger partial charge in [0.25, 0.3) is 0 Å². The summed E-state index contributed by atoms with van der Waals surface area (Å²) in [4.78, 5) is 0. The summed E-state index contributed by atoms with van der Waals surface area (Å²) in [6.07, 6.45) is 9.09. The van der Waals surface area contributed by atoms with E-state index in [1.165, 1.54) is 25.7 Å². The molecule has 86 valence electrons. The Balaban J connectivity index is 1.97. The van der Waals surface area contributed by atoms with Gasteiger partial charge in [-0.25, -0.2) is 0 Å². The zero-order valence-corrected chi connectivity index (χ0v) is 9.40. The number of ether oxygens (including phenoxy) is 1. The quantitative estimate of drug-likeness (QED) is 0.725. The third-order valence-electron chi connectivity index (χ3n) is 4.02. The van der Waals surface area contributed by atoms with Crippen molar-refractivity contribution in [2.45, 2.75) is 50.7 Å². The van der Waals surface area contributed by atoms with Crippen molar-refractivity contribution in [1.29, 1.82) is 0 Å². The first kappa shape index (κ1) is 11.2. The van der Waals surface area contributed by atoms with Crippen LogP contribution in [0.5, 0.6) is 0 Å². The van der Waals surface area contributed by atoms with Gasteiger partial charge in [0.15, 0.2) is 0 Å². The van der Waals surface area contributed by atoms with Crippen LogP contribution in [0.2, 0.25) is 0 Å². The number of aliphatic hydroxyl groups excluding tert-OH is 1. The zero-order valence-electron chi connectivity index (χ0n) is 9.40. The highest BCUT2D eigenvalue weighted by molar-refractivity contribution is 4.90. The van der Waals surface area contributed by atoms with Gasteiger partial charge >= 0.3 is 0 Å². The predicted molar refractivity (Wildman–Crippen MR) is 60.6 cm³/mol. The highest BCUT2D eigenvalue weighted by Gasteiger charge is 2.40. The number of aliphatic hydroxyl groups is 1. The van der Waals surface area contributed by atoms with E-state index in [-0.39, 0.29) is 6.10 Å². The summed E-state index contributed by atoms with van der Waals surface area (Å²) in [6, 6.07) is 0. The van der Waals surface area contributed by atoms with Crippen molar-refractivity contribution in [2.75, 3.05) is 6.61 Å². The first-order chi connectivity index (χ1) is 7.33. The minimum absolute atomic E-state index is 0.0705. The van der Waals surface area contributed by atoms with Crippen LogP contribution in [0.1, 0.15) is 38.5 Å². The monoisotopic (exact) mass is 210 g/mol. The Kier molecular flexibility index (Phi) is 3.81. The van der Waals surface area contributed by atoms with Gasteiger partial charge in [-0.2, -0.15) is 0 Å². The first-order valence-corrected chi connectivity index (χ1v) is 6.23. The molecule has 2 aliphatic carbocycles. The molecule has 4 atom stereocenters. The molecule has 2 fully saturated rings. The van der Waals surface area contributed by atoms with Gasteiger partial charge in [-0.05, 0) is 37.5 Å². The van der Waals surface area contributed by atoms with Crippen LogP contribution in [0, 0.1) is 11.8 Å². The molecular formula is C13H22O2. The fourth-order valence-electron chi connectivity index (χ4n) is 3.29. The van der Waals surface area contributed by atoms with Gasteiger partial charge < -0.3 is 9.84 Å². The van der Waals surface area contributed by atoms with E-state index in [0.29, 0.717) is 24.5 Å². The second-order valence-corrected chi connectivity index (χ2v) is 4.92. The van der Waals surface area contributed by atoms with Gasteiger partial charge in [0.05, 0.1) is 18.8 Å². The second-order valence-electron chi connectivity index (χ2n) is 4.92. The Morgan fingerprint density at radius 1 is 1.13 bits per heavy atom. The zero-order chi connectivity index (χ0) is 10.7. The van der Waals surface area contributed by atoms with Crippen molar-refractivity contribution in [3.63, 3.8) is 0 Å². The second kappa shape index (κ2) is 5.13. The number of fused-ring (bicyclic) bond motifs is 1. The molecule has 0 unspecified atom stereocenters. The summed E-state index contributed by atoms with van der Waals surface area (Å²) in [5, 5.41) is 9.97. The summed E-state index contributed by atoms with van der Waals surface area (Å²) in [7, 11) is 0. The van der Waals surface area contributed by atoms with Crippen LogP contribution in [-0.2, 0) is 4.74 Å². The minimum Gasteiger partial charge on any atom is -0.393 e. The molecule has 2 rings (SSSR count). The molecule has 0 heterocycles. The molecule has 0 aromatic carbocycles. The molecule has 0 aliphatic heterocycles. The Hall–Kier alpha value is -0.340. The Morgan fingerprint density at radius 3 is 2.60 bits per heavy atom. The van der Waals surface area contributed by atoms with Crippen molar-refractivity contribution in [3.05, 3.63) is 12.7 Å². The molecule has 0 aromatic heterocycles. The van der Waals surface area contributed by atoms with E-state index in [2.05, 4.69) is 6.58 Å². The van der Waals surface area contributed by atoms with E-state index in [9.17, 15) is 5.11 Å². The van der Waals surface area contributed by atoms with Crippen molar-refractivity contribution in [3.8, 4) is 0 Å². The largest absolute Gasteiger partial charge is 0.393 e. The maximum atomic E-state index is 9.97. The molecule has 0 bridgehead atoms. The van der Waals surface area contributed by atoms with E-state index >= 15 is 0 Å². The first-order valence-electron chi connectivity index (χ1n) is 6.23. The van der Waals surface area contributed by atoms with Gasteiger partial charge in [0.2, 0.25) is 0 Å². The van der Waals surface area contributed by atoms with Crippen LogP contribution in [0.15, 0.2) is 12.7 Å². The number of rotatable bonds is 3. The molecule has 0 spiro atoms. The third kappa shape index (κ3) is 2.43. The van der Waals surface area contributed by atoms with Gasteiger partial charge in [-0.1, -0.05) is 18.9 Å². The third-order valence-corrected chi connectivity index (χ3v) is 4.02. The van der Waals surface area contributed by atoms with Gasteiger partial charge in [0, 0.05) is 0 Å². The number of hydrogen-bond acceptors (Lipinski definition) is 2. The lowest BCUT2D eigenvalue weighted by atomic mass is 9.68. The van der Waals surface area contributed by atoms with Crippen molar-refractivity contribution < 1.29 is 9.84 Å². The summed E-state index contributed by atoms with van der Waals surface area (Å²) in [6.45, 7) is 4.35. The van der Waals surface area contributed by atoms with Gasteiger partial charge in [0.1, 0.15) is 0 Å². The normalized spacial score (nSPS) is 40.9. The maximum absolute atomic E-state index is 9.97. The van der Waals surface area contributed by atoms with Gasteiger partial charge in [-0.3, -0.25) is 0 Å². The molecule has 1 N–H and O–H groups in total. The van der Waals surface area contributed by atoms with Crippen molar-refractivity contribution in [2.24, 2.45) is 11.8 Å². The number of hydrogen-bond donors (Lipinski definition) is 1. The van der Waals surface area contributed by atoms with Crippen LogP contribution in [0.4, 0.5) is 0 Å². The van der Waals surface area contributed by atoms with Gasteiger partial charge in [-0.15, -0.1) is 6.58 Å². The van der Waals surface area contributed by atoms with Crippen LogP contribution in [-0.4, -0.2) is 23.9 Å². The fourth-order valence-corrected chi connectivity index (χ4v) is 3.29. The average molecular weight is 210 g/mol. The standard InChI is InChI=1S/C13H22O2/c1-2-9-15-13-8-7-12(14)10-5-3-4-6-11(10)13/h2,10-14H,1,3-9H2/t10-,11-,12-,13+/m0/s1. The lowest BCUT2D eigenvalue weighted by Crippen LogP contribution is -2.43. The van der Waals surface area contributed by atoms with Crippen molar-refractivity contribution >= 4 is 0 Å². The Bertz CT molecular complexity index is 215. The highest BCUT2D eigenvalue weighted by atomic mass is 16.5. The summed E-state index contributed by atoms with van der Waals surface area (Å²) in [5.41, 5.74) is 0. The summed E-state index contributed by atoms with van der Waals surface area (Å²) >= 11 is 0. The summed E-state index contributed by atoms with van der Waals surface area (Å²) < 4.78 is 5.82. The smallest absolute Gasteiger partial charge is 0.0648 e. The van der Waals surface area contributed by atoms with E-state index in [1.54, 1.807) is 0 Å². The molecule has 2 aliphatic rings. The minimum atomic E-state index is -0.0705. The van der Waals surface area contributed by atoms with Crippen LogP contribution < -0.4 is 0 Å². The molecule has 2 heteroatoms. The van der Waals surface area contributed by atoms with Crippen molar-refractivity contribution in [1.82, 2.24) is 0 Å². The molecule has 0 aromatic rings. The topological polar surface area (TPSA) is 29.5 Å². The van der Waals surface area contributed by atoms with E-state index < -0.39 is 0 Å². The van der Waals surface area contributed by atoms with E-state index in [0.717, 1.165) is 12.8 Å².